The Labute approximate surface area is 184 Å². The van der Waals surface area contributed by atoms with E-state index >= 15 is 0 Å². The molecule has 146 valence electrons. The molecule has 8 heteroatoms. The van der Waals surface area contributed by atoms with Gasteiger partial charge in [0.1, 0.15) is 11.3 Å². The molecule has 0 spiro atoms. The zero-order valence-electron chi connectivity index (χ0n) is 14.8. The third-order valence-electron chi connectivity index (χ3n) is 4.03. The Morgan fingerprint density at radius 2 is 1.90 bits per heavy atom. The van der Waals surface area contributed by atoms with Crippen molar-refractivity contribution >= 4 is 61.8 Å². The SMILES string of the molecule is O=C(COc1ccccc1Cl)Nc1ccc2oc(-c3cc(Br)ccc3Cl)nc2c1. The number of nitrogens with one attached hydrogen (secondary N) is 1. The van der Waals surface area contributed by atoms with Crippen molar-refractivity contribution in [3.05, 3.63) is 75.2 Å². The maximum atomic E-state index is 12.2. The average molecular weight is 492 g/mol. The summed E-state index contributed by atoms with van der Waals surface area (Å²) in [6.07, 6.45) is 0. The highest BCUT2D eigenvalue weighted by molar-refractivity contribution is 9.10. The number of oxazole rings is 1. The number of hydrogen-bond donors (Lipinski definition) is 1. The van der Waals surface area contributed by atoms with Gasteiger partial charge in [-0.25, -0.2) is 4.98 Å². The molecule has 0 aliphatic rings. The van der Waals surface area contributed by atoms with E-state index in [4.69, 9.17) is 32.4 Å². The summed E-state index contributed by atoms with van der Waals surface area (Å²) < 4.78 is 12.1. The van der Waals surface area contributed by atoms with Crippen LogP contribution in [0, 0.1) is 0 Å². The van der Waals surface area contributed by atoms with Crippen LogP contribution in [0.4, 0.5) is 5.69 Å². The number of benzene rings is 3. The summed E-state index contributed by atoms with van der Waals surface area (Å²) in [7, 11) is 0. The second-order valence-electron chi connectivity index (χ2n) is 6.09. The fourth-order valence-corrected chi connectivity index (χ4v) is 3.43. The molecular formula is C21H13BrCl2N2O3. The Kier molecular flexibility index (Phi) is 5.76. The van der Waals surface area contributed by atoms with E-state index in [1.54, 1.807) is 48.5 Å². The minimum absolute atomic E-state index is 0.167. The second-order valence-corrected chi connectivity index (χ2v) is 7.82. The molecule has 0 fully saturated rings. The summed E-state index contributed by atoms with van der Waals surface area (Å²) in [4.78, 5) is 16.7. The number of ether oxygens (including phenoxy) is 1. The first-order chi connectivity index (χ1) is 14.0. The highest BCUT2D eigenvalue weighted by atomic mass is 79.9. The molecular weight excluding hydrogens is 479 g/mol. The van der Waals surface area contributed by atoms with Gasteiger partial charge in [-0.15, -0.1) is 0 Å². The summed E-state index contributed by atoms with van der Waals surface area (Å²) >= 11 is 15.7. The van der Waals surface area contributed by atoms with Gasteiger partial charge in [-0.2, -0.15) is 0 Å². The monoisotopic (exact) mass is 490 g/mol. The lowest BCUT2D eigenvalue weighted by Gasteiger charge is -2.08. The fraction of sp³-hybridized carbons (Fsp3) is 0.0476. The molecule has 29 heavy (non-hydrogen) atoms. The van der Waals surface area contributed by atoms with Gasteiger partial charge in [-0.05, 0) is 48.5 Å². The van der Waals surface area contributed by atoms with E-state index in [1.165, 1.54) is 0 Å². The lowest BCUT2D eigenvalue weighted by Crippen LogP contribution is -2.20. The summed E-state index contributed by atoms with van der Waals surface area (Å²) in [6.45, 7) is -0.167. The van der Waals surface area contributed by atoms with Crippen LogP contribution in [0.25, 0.3) is 22.6 Å². The standard InChI is InChI=1S/C21H13BrCl2N2O3/c22-12-5-7-15(23)14(9-12)21-26-17-10-13(6-8-19(17)29-21)25-20(27)11-28-18-4-2-1-3-16(18)24/h1-10H,11H2,(H,25,27). The van der Waals surface area contributed by atoms with Crippen LogP contribution in [0.2, 0.25) is 10.0 Å². The second kappa shape index (κ2) is 8.45. The van der Waals surface area contributed by atoms with Crippen LogP contribution in [0.1, 0.15) is 0 Å². The number of para-hydroxylation sites is 1. The quantitative estimate of drug-likeness (QED) is 0.342. The van der Waals surface area contributed by atoms with E-state index in [0.29, 0.717) is 44.0 Å². The van der Waals surface area contributed by atoms with Gasteiger partial charge in [-0.3, -0.25) is 4.79 Å². The molecule has 0 aliphatic carbocycles. The Bertz CT molecular complexity index is 1210. The Morgan fingerprint density at radius 1 is 1.07 bits per heavy atom. The minimum atomic E-state index is -0.317. The molecule has 0 aliphatic heterocycles. The lowest BCUT2D eigenvalue weighted by molar-refractivity contribution is -0.118. The van der Waals surface area contributed by atoms with Crippen LogP contribution in [0.3, 0.4) is 0 Å². The Hall–Kier alpha value is -2.54. The zero-order chi connectivity index (χ0) is 20.4. The molecule has 1 heterocycles. The van der Waals surface area contributed by atoms with E-state index in [-0.39, 0.29) is 12.5 Å². The fourth-order valence-electron chi connectivity index (χ4n) is 2.68. The number of fused-ring (bicyclic) bond motifs is 1. The normalized spacial score (nSPS) is 10.9. The molecule has 1 N–H and O–H groups in total. The summed E-state index contributed by atoms with van der Waals surface area (Å²) in [5.74, 6) is 0.534. The lowest BCUT2D eigenvalue weighted by atomic mass is 10.2. The highest BCUT2D eigenvalue weighted by Crippen LogP contribution is 2.33. The maximum Gasteiger partial charge on any atom is 0.262 e. The number of aromatic nitrogens is 1. The van der Waals surface area contributed by atoms with Gasteiger partial charge in [0.2, 0.25) is 5.89 Å². The van der Waals surface area contributed by atoms with Crippen LogP contribution in [0.15, 0.2) is 69.6 Å². The van der Waals surface area contributed by atoms with Crippen molar-refractivity contribution in [2.45, 2.75) is 0 Å². The number of anilines is 1. The van der Waals surface area contributed by atoms with Gasteiger partial charge in [0.15, 0.2) is 12.2 Å². The molecule has 3 aromatic carbocycles. The van der Waals surface area contributed by atoms with Crippen LogP contribution < -0.4 is 10.1 Å². The van der Waals surface area contributed by atoms with Gasteiger partial charge < -0.3 is 14.5 Å². The van der Waals surface area contributed by atoms with Gasteiger partial charge in [0, 0.05) is 10.2 Å². The molecule has 0 atom stereocenters. The van der Waals surface area contributed by atoms with Crippen LogP contribution >= 0.6 is 39.1 Å². The topological polar surface area (TPSA) is 64.4 Å². The van der Waals surface area contributed by atoms with Crippen molar-refractivity contribution in [3.8, 4) is 17.2 Å². The number of rotatable bonds is 5. The molecule has 0 saturated heterocycles. The number of carbonyl (C=O) groups is 1. The van der Waals surface area contributed by atoms with E-state index in [1.807, 2.05) is 12.1 Å². The van der Waals surface area contributed by atoms with Crippen molar-refractivity contribution < 1.29 is 13.9 Å². The summed E-state index contributed by atoms with van der Waals surface area (Å²) in [6, 6.07) is 17.6. The van der Waals surface area contributed by atoms with Crippen LogP contribution in [-0.2, 0) is 4.79 Å². The summed E-state index contributed by atoms with van der Waals surface area (Å²) in [5, 5.41) is 3.75. The number of hydrogen-bond acceptors (Lipinski definition) is 4. The van der Waals surface area contributed by atoms with Crippen LogP contribution in [0.5, 0.6) is 5.75 Å². The predicted octanol–water partition coefficient (Wildman–Crippen LogP) is 6.58. The van der Waals surface area contributed by atoms with Crippen molar-refractivity contribution in [1.29, 1.82) is 0 Å². The average Bonchev–Trinajstić information content (AvgIpc) is 3.12. The van der Waals surface area contributed by atoms with Crippen molar-refractivity contribution in [2.24, 2.45) is 0 Å². The smallest absolute Gasteiger partial charge is 0.262 e. The van der Waals surface area contributed by atoms with Gasteiger partial charge in [0.05, 0.1) is 15.6 Å². The molecule has 0 unspecified atom stereocenters. The van der Waals surface area contributed by atoms with Crippen molar-refractivity contribution in [1.82, 2.24) is 4.98 Å². The minimum Gasteiger partial charge on any atom is -0.482 e. The first kappa shape index (κ1) is 19.8. The molecule has 0 saturated carbocycles. The van der Waals surface area contributed by atoms with Crippen molar-refractivity contribution in [3.63, 3.8) is 0 Å². The molecule has 5 nitrogen and oxygen atoms in total. The molecule has 1 amide bonds. The van der Waals surface area contributed by atoms with E-state index in [0.717, 1.165) is 4.47 Å². The molecule has 0 radical (unpaired) electrons. The first-order valence-corrected chi connectivity index (χ1v) is 10.1. The van der Waals surface area contributed by atoms with Gasteiger partial charge in [-0.1, -0.05) is 51.3 Å². The zero-order valence-corrected chi connectivity index (χ0v) is 17.9. The van der Waals surface area contributed by atoms with Crippen LogP contribution in [-0.4, -0.2) is 17.5 Å². The summed E-state index contributed by atoms with van der Waals surface area (Å²) in [5.41, 5.74) is 2.43. The van der Waals surface area contributed by atoms with Crippen molar-refractivity contribution in [2.75, 3.05) is 11.9 Å². The predicted molar refractivity (Wildman–Crippen MR) is 118 cm³/mol. The molecule has 4 aromatic rings. The number of carbonyl (C=O) groups excluding carboxylic acids is 1. The number of halogens is 3. The van der Waals surface area contributed by atoms with E-state index < -0.39 is 0 Å². The third kappa shape index (κ3) is 4.56. The van der Waals surface area contributed by atoms with E-state index in [2.05, 4.69) is 26.2 Å². The number of nitrogens with zero attached hydrogens (tertiary/aromatic N) is 1. The van der Waals surface area contributed by atoms with E-state index in [9.17, 15) is 4.79 Å². The Morgan fingerprint density at radius 3 is 2.72 bits per heavy atom. The first-order valence-electron chi connectivity index (χ1n) is 8.53. The third-order valence-corrected chi connectivity index (χ3v) is 5.16. The van der Waals surface area contributed by atoms with Gasteiger partial charge >= 0.3 is 0 Å². The molecule has 1 aromatic heterocycles. The van der Waals surface area contributed by atoms with Gasteiger partial charge in [0.25, 0.3) is 5.91 Å². The largest absolute Gasteiger partial charge is 0.482 e. The maximum absolute atomic E-state index is 12.2. The highest BCUT2D eigenvalue weighted by Gasteiger charge is 2.13. The Balaban J connectivity index is 1.49. The number of amides is 1. The molecule has 4 rings (SSSR count). The molecule has 0 bridgehead atoms.